The lowest BCUT2D eigenvalue weighted by molar-refractivity contribution is 0.128. The summed E-state index contributed by atoms with van der Waals surface area (Å²) in [6.45, 7) is 8.13. The first-order chi connectivity index (χ1) is 9.50. The van der Waals surface area contributed by atoms with E-state index in [1.165, 1.54) is 0 Å². The monoisotopic (exact) mass is 282 g/mol. The Hall–Kier alpha value is -1.40. The molecule has 0 aliphatic heterocycles. The third-order valence-corrected chi connectivity index (χ3v) is 3.00. The van der Waals surface area contributed by atoms with E-state index in [9.17, 15) is 0 Å². The molecule has 0 fully saturated rings. The molecule has 0 atom stereocenters. The molecular formula is C14H26N4O2. The number of nitrogens with zero attached hydrogens (tertiary/aromatic N) is 2. The lowest BCUT2D eigenvalue weighted by Gasteiger charge is -2.24. The van der Waals surface area contributed by atoms with Crippen LogP contribution in [0.4, 0.5) is 11.6 Å². The van der Waals surface area contributed by atoms with Crippen molar-refractivity contribution >= 4 is 11.6 Å². The maximum Gasteiger partial charge on any atom is 0.158 e. The van der Waals surface area contributed by atoms with Crippen molar-refractivity contribution in [2.24, 2.45) is 5.41 Å². The third-order valence-electron chi connectivity index (χ3n) is 3.00. The quantitative estimate of drug-likeness (QED) is 0.642. The van der Waals surface area contributed by atoms with Gasteiger partial charge >= 0.3 is 0 Å². The van der Waals surface area contributed by atoms with E-state index in [4.69, 9.17) is 9.84 Å². The van der Waals surface area contributed by atoms with Gasteiger partial charge in [0.25, 0.3) is 0 Å². The molecule has 1 aromatic heterocycles. The zero-order chi connectivity index (χ0) is 15.0. The predicted molar refractivity (Wildman–Crippen MR) is 80.9 cm³/mol. The number of rotatable bonds is 9. The van der Waals surface area contributed by atoms with Crippen molar-refractivity contribution < 1.29 is 9.84 Å². The fraction of sp³-hybridized carbons (Fsp3) is 0.714. The molecule has 114 valence electrons. The smallest absolute Gasteiger partial charge is 0.158 e. The third kappa shape index (κ3) is 5.71. The van der Waals surface area contributed by atoms with Gasteiger partial charge in [0.1, 0.15) is 18.2 Å². The normalized spacial score (nSPS) is 11.4. The van der Waals surface area contributed by atoms with Crippen LogP contribution in [0, 0.1) is 5.41 Å². The number of hydrogen-bond donors (Lipinski definition) is 3. The highest BCUT2D eigenvalue weighted by Crippen LogP contribution is 2.21. The minimum absolute atomic E-state index is 0.0135. The first-order valence-electron chi connectivity index (χ1n) is 6.99. The SMILES string of the molecule is CCOCc1nc(NC)cc(NCC(C)(C)CCO)n1. The molecule has 6 heteroatoms. The van der Waals surface area contributed by atoms with E-state index in [0.717, 1.165) is 24.6 Å². The Morgan fingerprint density at radius 1 is 1.30 bits per heavy atom. The first kappa shape index (κ1) is 16.7. The summed E-state index contributed by atoms with van der Waals surface area (Å²) in [4.78, 5) is 8.78. The van der Waals surface area contributed by atoms with Gasteiger partial charge in [-0.2, -0.15) is 0 Å². The van der Waals surface area contributed by atoms with Crippen LogP contribution < -0.4 is 10.6 Å². The van der Waals surface area contributed by atoms with E-state index in [-0.39, 0.29) is 12.0 Å². The molecule has 0 aliphatic rings. The molecule has 1 aromatic rings. The Bertz CT molecular complexity index is 410. The van der Waals surface area contributed by atoms with E-state index < -0.39 is 0 Å². The molecular weight excluding hydrogens is 256 g/mol. The van der Waals surface area contributed by atoms with E-state index in [2.05, 4.69) is 34.4 Å². The lowest BCUT2D eigenvalue weighted by atomic mass is 9.90. The van der Waals surface area contributed by atoms with Crippen LogP contribution >= 0.6 is 0 Å². The summed E-state index contributed by atoms with van der Waals surface area (Å²) in [5.41, 5.74) is 0.0135. The molecule has 0 radical (unpaired) electrons. The Labute approximate surface area is 121 Å². The fourth-order valence-electron chi connectivity index (χ4n) is 1.69. The summed E-state index contributed by atoms with van der Waals surface area (Å²) in [5, 5.41) is 15.4. The zero-order valence-corrected chi connectivity index (χ0v) is 12.9. The van der Waals surface area contributed by atoms with Crippen LogP contribution in [0.25, 0.3) is 0 Å². The second kappa shape index (κ2) is 8.01. The number of nitrogens with one attached hydrogen (secondary N) is 2. The molecule has 0 bridgehead atoms. The molecule has 0 aliphatic carbocycles. The van der Waals surface area contributed by atoms with Crippen molar-refractivity contribution in [3.63, 3.8) is 0 Å². The molecule has 0 aromatic carbocycles. The van der Waals surface area contributed by atoms with Crippen molar-refractivity contribution in [3.05, 3.63) is 11.9 Å². The molecule has 0 unspecified atom stereocenters. The average molecular weight is 282 g/mol. The highest BCUT2D eigenvalue weighted by molar-refractivity contribution is 5.47. The summed E-state index contributed by atoms with van der Waals surface area (Å²) in [6.07, 6.45) is 0.746. The average Bonchev–Trinajstić information content (AvgIpc) is 2.43. The van der Waals surface area contributed by atoms with Crippen LogP contribution in [0.2, 0.25) is 0 Å². The van der Waals surface area contributed by atoms with Gasteiger partial charge < -0.3 is 20.5 Å². The first-order valence-corrected chi connectivity index (χ1v) is 6.99. The number of hydrogen-bond acceptors (Lipinski definition) is 6. The van der Waals surface area contributed by atoms with E-state index in [0.29, 0.717) is 19.0 Å². The maximum atomic E-state index is 9.04. The van der Waals surface area contributed by atoms with Gasteiger partial charge in [-0.1, -0.05) is 13.8 Å². The van der Waals surface area contributed by atoms with Gasteiger partial charge in [0.2, 0.25) is 0 Å². The van der Waals surface area contributed by atoms with Gasteiger partial charge in [0.05, 0.1) is 0 Å². The van der Waals surface area contributed by atoms with Gasteiger partial charge in [0.15, 0.2) is 5.82 Å². The molecule has 0 spiro atoms. The van der Waals surface area contributed by atoms with Crippen molar-refractivity contribution in [2.45, 2.75) is 33.8 Å². The Kier molecular flexibility index (Phi) is 6.67. The predicted octanol–water partition coefficient (Wildman–Crippen LogP) is 1.88. The van der Waals surface area contributed by atoms with Crippen LogP contribution in [-0.2, 0) is 11.3 Å². The van der Waals surface area contributed by atoms with Gasteiger partial charge in [-0.15, -0.1) is 0 Å². The number of anilines is 2. The number of aliphatic hydroxyl groups is 1. The van der Waals surface area contributed by atoms with E-state index >= 15 is 0 Å². The molecule has 20 heavy (non-hydrogen) atoms. The van der Waals surface area contributed by atoms with Crippen molar-refractivity contribution in [1.29, 1.82) is 0 Å². The summed E-state index contributed by atoms with van der Waals surface area (Å²) >= 11 is 0. The lowest BCUT2D eigenvalue weighted by Crippen LogP contribution is -2.25. The number of aliphatic hydroxyl groups excluding tert-OH is 1. The van der Waals surface area contributed by atoms with Crippen LogP contribution in [0.1, 0.15) is 33.0 Å². The van der Waals surface area contributed by atoms with Crippen LogP contribution in [0.3, 0.4) is 0 Å². The van der Waals surface area contributed by atoms with Crippen molar-refractivity contribution in [1.82, 2.24) is 9.97 Å². The second-order valence-corrected chi connectivity index (χ2v) is 5.43. The highest BCUT2D eigenvalue weighted by Gasteiger charge is 2.17. The number of aromatic nitrogens is 2. The van der Waals surface area contributed by atoms with Gasteiger partial charge in [-0.25, -0.2) is 9.97 Å². The van der Waals surface area contributed by atoms with Gasteiger partial charge in [0, 0.05) is 32.9 Å². The summed E-state index contributed by atoms with van der Waals surface area (Å²) in [6, 6.07) is 1.87. The topological polar surface area (TPSA) is 79.3 Å². The van der Waals surface area contributed by atoms with Crippen LogP contribution in [0.5, 0.6) is 0 Å². The largest absolute Gasteiger partial charge is 0.396 e. The molecule has 0 saturated carbocycles. The van der Waals surface area contributed by atoms with Crippen molar-refractivity contribution in [2.75, 3.05) is 37.4 Å². The fourth-order valence-corrected chi connectivity index (χ4v) is 1.69. The van der Waals surface area contributed by atoms with E-state index in [1.807, 2.05) is 20.0 Å². The molecule has 3 N–H and O–H groups in total. The van der Waals surface area contributed by atoms with Crippen LogP contribution in [0.15, 0.2) is 6.07 Å². The minimum Gasteiger partial charge on any atom is -0.396 e. The number of ether oxygens (including phenoxy) is 1. The van der Waals surface area contributed by atoms with Crippen LogP contribution in [-0.4, -0.2) is 41.9 Å². The molecule has 1 heterocycles. The summed E-state index contributed by atoms with van der Waals surface area (Å²) in [5.74, 6) is 2.18. The Morgan fingerprint density at radius 2 is 2.00 bits per heavy atom. The molecule has 0 saturated heterocycles. The molecule has 1 rings (SSSR count). The van der Waals surface area contributed by atoms with Gasteiger partial charge in [-0.05, 0) is 18.8 Å². The standard InChI is InChI=1S/C14H26N4O2/c1-5-20-9-13-17-11(15-4)8-12(18-13)16-10-14(2,3)6-7-19/h8,19H,5-7,9-10H2,1-4H3,(H2,15,16,17,18). The minimum atomic E-state index is 0.0135. The highest BCUT2D eigenvalue weighted by atomic mass is 16.5. The second-order valence-electron chi connectivity index (χ2n) is 5.43. The van der Waals surface area contributed by atoms with E-state index in [1.54, 1.807) is 0 Å². The zero-order valence-electron chi connectivity index (χ0n) is 12.9. The molecule has 0 amide bonds. The Balaban J connectivity index is 2.73. The summed E-state index contributed by atoms with van der Waals surface area (Å²) < 4.78 is 5.34. The summed E-state index contributed by atoms with van der Waals surface area (Å²) in [7, 11) is 1.83. The maximum absolute atomic E-state index is 9.04. The van der Waals surface area contributed by atoms with Crippen molar-refractivity contribution in [3.8, 4) is 0 Å². The van der Waals surface area contributed by atoms with Gasteiger partial charge in [-0.3, -0.25) is 0 Å². The molecule has 6 nitrogen and oxygen atoms in total. The Morgan fingerprint density at radius 3 is 2.60 bits per heavy atom.